The van der Waals surface area contributed by atoms with E-state index in [1.807, 2.05) is 84.1 Å². The highest BCUT2D eigenvalue weighted by atomic mass is 32.1. The molecule has 0 saturated heterocycles. The molecular weight excluding hydrogens is 703 g/mol. The standard InChI is InChI=1S/C51H31N3OS/c1-4-14-32(15-5-1)35-20-12-21-36(28-35)38-29-42(48-40-22-10-11-25-45(40)56-46(48)31-38)37-26-27-39-44(30-37)55-43-24-13-23-41(47(39)43)51-53-49(33-16-6-2-7-17-33)52-50(54-51)34-18-8-3-9-19-34/h1-31H. The second kappa shape index (κ2) is 13.3. The van der Waals surface area contributed by atoms with Crippen molar-refractivity contribution in [1.29, 1.82) is 0 Å². The third kappa shape index (κ3) is 5.56. The third-order valence-electron chi connectivity index (χ3n) is 10.5. The van der Waals surface area contributed by atoms with Crippen molar-refractivity contribution in [2.75, 3.05) is 0 Å². The van der Waals surface area contributed by atoms with E-state index in [1.165, 1.54) is 48.0 Å². The van der Waals surface area contributed by atoms with Gasteiger partial charge < -0.3 is 4.42 Å². The Labute approximate surface area is 327 Å². The number of rotatable bonds is 6. The van der Waals surface area contributed by atoms with Gasteiger partial charge in [-0.05, 0) is 75.8 Å². The van der Waals surface area contributed by atoms with E-state index in [0.717, 1.165) is 44.2 Å². The molecular formula is C51H31N3OS. The summed E-state index contributed by atoms with van der Waals surface area (Å²) < 4.78 is 9.23. The molecule has 0 aliphatic rings. The molecule has 56 heavy (non-hydrogen) atoms. The van der Waals surface area contributed by atoms with Crippen LogP contribution in [0.15, 0.2) is 192 Å². The SMILES string of the molecule is c1ccc(-c2cccc(-c3cc(-c4ccc5c(c4)oc4cccc(-c6nc(-c7ccccc7)nc(-c7ccccc7)n6)c45)c4c(c3)sc3ccccc34)c2)cc1. The molecule has 4 nitrogen and oxygen atoms in total. The number of hydrogen-bond donors (Lipinski definition) is 0. The lowest BCUT2D eigenvalue weighted by molar-refractivity contribution is 0.669. The summed E-state index contributed by atoms with van der Waals surface area (Å²) in [5, 5.41) is 4.52. The molecule has 262 valence electrons. The van der Waals surface area contributed by atoms with Crippen LogP contribution in [0.4, 0.5) is 0 Å². The Morgan fingerprint density at radius 2 is 0.929 bits per heavy atom. The lowest BCUT2D eigenvalue weighted by Gasteiger charge is -2.11. The summed E-state index contributed by atoms with van der Waals surface area (Å²) in [6.07, 6.45) is 0. The fourth-order valence-electron chi connectivity index (χ4n) is 7.87. The van der Waals surface area contributed by atoms with E-state index in [-0.39, 0.29) is 0 Å². The molecule has 0 N–H and O–H groups in total. The summed E-state index contributed by atoms with van der Waals surface area (Å²) >= 11 is 1.84. The highest BCUT2D eigenvalue weighted by Gasteiger charge is 2.20. The molecule has 11 aromatic rings. The van der Waals surface area contributed by atoms with E-state index < -0.39 is 0 Å². The zero-order valence-electron chi connectivity index (χ0n) is 30.1. The minimum absolute atomic E-state index is 0.604. The van der Waals surface area contributed by atoms with Crippen LogP contribution in [0.3, 0.4) is 0 Å². The minimum Gasteiger partial charge on any atom is -0.456 e. The first kappa shape index (κ1) is 32.2. The van der Waals surface area contributed by atoms with Crippen molar-refractivity contribution in [2.45, 2.75) is 0 Å². The van der Waals surface area contributed by atoms with Gasteiger partial charge in [0.1, 0.15) is 11.2 Å². The fourth-order valence-corrected chi connectivity index (χ4v) is 9.04. The Bertz CT molecular complexity index is 3180. The average molecular weight is 734 g/mol. The molecule has 0 amide bonds. The number of benzene rings is 8. The van der Waals surface area contributed by atoms with E-state index in [9.17, 15) is 0 Å². The molecule has 0 aliphatic carbocycles. The number of hydrogen-bond acceptors (Lipinski definition) is 5. The molecule has 3 aromatic heterocycles. The smallest absolute Gasteiger partial charge is 0.164 e. The first-order valence-electron chi connectivity index (χ1n) is 18.7. The van der Waals surface area contributed by atoms with Crippen LogP contribution in [-0.4, -0.2) is 15.0 Å². The van der Waals surface area contributed by atoms with Gasteiger partial charge in [-0.25, -0.2) is 15.0 Å². The quantitative estimate of drug-likeness (QED) is 0.171. The highest BCUT2D eigenvalue weighted by Crippen LogP contribution is 2.45. The zero-order valence-corrected chi connectivity index (χ0v) is 30.9. The Kier molecular flexibility index (Phi) is 7.64. The summed E-state index contributed by atoms with van der Waals surface area (Å²) in [6, 6.07) is 65.8. The molecule has 0 radical (unpaired) electrons. The lowest BCUT2D eigenvalue weighted by atomic mass is 9.93. The van der Waals surface area contributed by atoms with Crippen LogP contribution in [0, 0.1) is 0 Å². The van der Waals surface area contributed by atoms with Gasteiger partial charge in [0, 0.05) is 47.6 Å². The van der Waals surface area contributed by atoms with Crippen molar-refractivity contribution >= 4 is 53.4 Å². The minimum atomic E-state index is 0.604. The average Bonchev–Trinajstić information content (AvgIpc) is 3.85. The van der Waals surface area contributed by atoms with E-state index in [4.69, 9.17) is 19.4 Å². The molecule has 11 rings (SSSR count). The van der Waals surface area contributed by atoms with Crippen molar-refractivity contribution in [3.8, 4) is 67.5 Å². The van der Waals surface area contributed by atoms with Gasteiger partial charge in [0.25, 0.3) is 0 Å². The van der Waals surface area contributed by atoms with Crippen LogP contribution in [0.2, 0.25) is 0 Å². The Hall–Kier alpha value is -7.21. The van der Waals surface area contributed by atoms with Crippen molar-refractivity contribution in [3.63, 3.8) is 0 Å². The number of aromatic nitrogens is 3. The van der Waals surface area contributed by atoms with E-state index in [0.29, 0.717) is 17.5 Å². The van der Waals surface area contributed by atoms with Crippen molar-refractivity contribution in [3.05, 3.63) is 188 Å². The maximum atomic E-state index is 6.70. The van der Waals surface area contributed by atoms with Gasteiger partial charge in [0.05, 0.1) is 0 Å². The summed E-state index contributed by atoms with van der Waals surface area (Å²) in [5.41, 5.74) is 11.4. The second-order valence-corrected chi connectivity index (χ2v) is 15.1. The summed E-state index contributed by atoms with van der Waals surface area (Å²) in [6.45, 7) is 0. The molecule has 0 unspecified atom stereocenters. The molecule has 5 heteroatoms. The van der Waals surface area contributed by atoms with Crippen LogP contribution in [0.1, 0.15) is 0 Å². The van der Waals surface area contributed by atoms with Gasteiger partial charge in [-0.3, -0.25) is 0 Å². The topological polar surface area (TPSA) is 51.8 Å². The summed E-state index contributed by atoms with van der Waals surface area (Å²) in [4.78, 5) is 15.0. The number of nitrogens with zero attached hydrogens (tertiary/aromatic N) is 3. The molecule has 0 spiro atoms. The molecule has 0 saturated carbocycles. The van der Waals surface area contributed by atoms with E-state index in [1.54, 1.807) is 0 Å². The first-order valence-corrected chi connectivity index (χ1v) is 19.5. The molecule has 0 atom stereocenters. The van der Waals surface area contributed by atoms with Crippen LogP contribution >= 0.6 is 11.3 Å². The molecule has 3 heterocycles. The highest BCUT2D eigenvalue weighted by molar-refractivity contribution is 7.26. The lowest BCUT2D eigenvalue weighted by Crippen LogP contribution is -2.00. The maximum Gasteiger partial charge on any atom is 0.164 e. The molecule has 0 aliphatic heterocycles. The van der Waals surface area contributed by atoms with Gasteiger partial charge in [0.15, 0.2) is 17.5 Å². The van der Waals surface area contributed by atoms with Crippen LogP contribution < -0.4 is 0 Å². The van der Waals surface area contributed by atoms with Gasteiger partial charge >= 0.3 is 0 Å². The molecule has 0 bridgehead atoms. The number of thiophene rings is 1. The van der Waals surface area contributed by atoms with Crippen LogP contribution in [0.5, 0.6) is 0 Å². The van der Waals surface area contributed by atoms with E-state index in [2.05, 4.69) is 115 Å². The van der Waals surface area contributed by atoms with E-state index >= 15 is 0 Å². The molecule has 8 aromatic carbocycles. The van der Waals surface area contributed by atoms with Gasteiger partial charge in [-0.2, -0.15) is 0 Å². The van der Waals surface area contributed by atoms with Crippen molar-refractivity contribution in [2.24, 2.45) is 0 Å². The number of furan rings is 1. The van der Waals surface area contributed by atoms with Crippen molar-refractivity contribution in [1.82, 2.24) is 15.0 Å². The Morgan fingerprint density at radius 1 is 0.321 bits per heavy atom. The monoisotopic (exact) mass is 733 g/mol. The van der Waals surface area contributed by atoms with Crippen molar-refractivity contribution < 1.29 is 4.42 Å². The van der Waals surface area contributed by atoms with Crippen LogP contribution in [0.25, 0.3) is 110 Å². The number of fused-ring (bicyclic) bond motifs is 6. The molecule has 0 fully saturated rings. The van der Waals surface area contributed by atoms with Gasteiger partial charge in [0.2, 0.25) is 0 Å². The van der Waals surface area contributed by atoms with Gasteiger partial charge in [-0.1, -0.05) is 146 Å². The third-order valence-corrected chi connectivity index (χ3v) is 11.6. The van der Waals surface area contributed by atoms with Crippen LogP contribution in [-0.2, 0) is 0 Å². The largest absolute Gasteiger partial charge is 0.456 e. The second-order valence-electron chi connectivity index (χ2n) is 14.0. The predicted octanol–water partition coefficient (Wildman–Crippen LogP) is 14.1. The van der Waals surface area contributed by atoms with Gasteiger partial charge in [-0.15, -0.1) is 11.3 Å². The predicted molar refractivity (Wildman–Crippen MR) is 233 cm³/mol. The summed E-state index contributed by atoms with van der Waals surface area (Å²) in [5.74, 6) is 1.86. The Morgan fingerprint density at radius 3 is 1.66 bits per heavy atom. The maximum absolute atomic E-state index is 6.70. The Balaban J connectivity index is 1.09. The normalized spacial score (nSPS) is 11.6. The fraction of sp³-hybridized carbons (Fsp3) is 0. The summed E-state index contributed by atoms with van der Waals surface area (Å²) in [7, 11) is 0. The first-order chi connectivity index (χ1) is 27.7. The zero-order chi connectivity index (χ0) is 37.0.